The minimum absolute atomic E-state index is 1.09. The van der Waals surface area contributed by atoms with Crippen LogP contribution in [0.15, 0.2) is 279 Å². The first-order valence-corrected chi connectivity index (χ1v) is 24.7. The Morgan fingerprint density at radius 1 is 0.208 bits per heavy atom. The number of para-hydroxylation sites is 4. The molecule has 0 saturated carbocycles. The number of hydrogen-bond acceptors (Lipinski definition) is 2. The monoisotopic (exact) mass is 918 g/mol. The molecule has 0 saturated heterocycles. The summed E-state index contributed by atoms with van der Waals surface area (Å²) in [4.78, 5) is 4.73. The number of nitrogens with zero attached hydrogens (tertiary/aromatic N) is 4. The highest BCUT2D eigenvalue weighted by Gasteiger charge is 2.19. The maximum atomic E-state index is 2.37. The molecule has 4 nitrogen and oxygen atoms in total. The summed E-state index contributed by atoms with van der Waals surface area (Å²) >= 11 is 0. The SMILES string of the molecule is c1ccc2cc(N(c3ccc(-c4ccc(N(c5ccc(-n6c7ccccc7c7ccccc76)cc5)c5ccc6ccccc6c5)cc4)cc3)c3ccc(-n4c5ccccc5c5ccccc54)cc3)ccc2c1. The standard InChI is InChI=1S/C68H46N4/c1-3-15-51-45-59(35-29-47(51)13-1)69(55-37-41-57(42-38-55)71-65-21-9-5-17-61(65)62-18-6-10-22-66(62)71)53-31-25-49(26-32-53)50-27-33-54(34-28-50)70(60-36-30-48-14-2-4-16-52(48)46-60)56-39-43-58(44-40-56)72-67-23-11-7-19-63(67)64-20-8-12-24-68(64)72/h1-46H. The number of hydrogen-bond donors (Lipinski definition) is 0. The van der Waals surface area contributed by atoms with Gasteiger partial charge in [0.15, 0.2) is 0 Å². The lowest BCUT2D eigenvalue weighted by molar-refractivity contribution is 1.17. The van der Waals surface area contributed by atoms with Crippen LogP contribution in [0.25, 0.3) is 87.7 Å². The third-order valence-electron chi connectivity index (χ3n) is 14.5. The lowest BCUT2D eigenvalue weighted by atomic mass is 10.0. The highest BCUT2D eigenvalue weighted by atomic mass is 15.1. The van der Waals surface area contributed by atoms with Crippen molar-refractivity contribution >= 4 is 99.3 Å². The lowest BCUT2D eigenvalue weighted by Gasteiger charge is -2.27. The molecule has 0 spiro atoms. The Bertz CT molecular complexity index is 3930. The summed E-state index contributed by atoms with van der Waals surface area (Å²) < 4.78 is 4.75. The van der Waals surface area contributed by atoms with E-state index < -0.39 is 0 Å². The summed E-state index contributed by atoms with van der Waals surface area (Å²) in [5.74, 6) is 0. The van der Waals surface area contributed by atoms with Crippen LogP contribution in [0.1, 0.15) is 0 Å². The molecule has 14 rings (SSSR count). The predicted octanol–water partition coefficient (Wildman–Crippen LogP) is 18.8. The van der Waals surface area contributed by atoms with Crippen molar-refractivity contribution in [2.45, 2.75) is 0 Å². The molecule has 0 fully saturated rings. The van der Waals surface area contributed by atoms with Crippen LogP contribution in [0.2, 0.25) is 0 Å². The minimum Gasteiger partial charge on any atom is -0.310 e. The molecule has 0 amide bonds. The van der Waals surface area contributed by atoms with Gasteiger partial charge in [-0.25, -0.2) is 0 Å². The van der Waals surface area contributed by atoms with Gasteiger partial charge in [-0.15, -0.1) is 0 Å². The molecule has 2 aromatic heterocycles. The van der Waals surface area contributed by atoms with Crippen molar-refractivity contribution in [3.63, 3.8) is 0 Å². The Hall–Kier alpha value is -9.64. The summed E-state index contributed by atoms with van der Waals surface area (Å²) in [6.07, 6.45) is 0. The third-order valence-corrected chi connectivity index (χ3v) is 14.5. The largest absolute Gasteiger partial charge is 0.310 e. The van der Waals surface area contributed by atoms with Crippen LogP contribution in [-0.4, -0.2) is 9.13 Å². The summed E-state index contributed by atoms with van der Waals surface area (Å²) in [5.41, 5.74) is 15.9. The molecule has 0 aliphatic heterocycles. The smallest absolute Gasteiger partial charge is 0.0541 e. The van der Waals surface area contributed by atoms with Crippen LogP contribution in [0.3, 0.4) is 0 Å². The van der Waals surface area contributed by atoms with Crippen molar-refractivity contribution in [1.29, 1.82) is 0 Å². The molecular weight excluding hydrogens is 873 g/mol. The van der Waals surface area contributed by atoms with Gasteiger partial charge in [0.25, 0.3) is 0 Å². The molecule has 14 aromatic rings. The van der Waals surface area contributed by atoms with Gasteiger partial charge in [0.2, 0.25) is 0 Å². The van der Waals surface area contributed by atoms with Crippen molar-refractivity contribution in [1.82, 2.24) is 9.13 Å². The molecule has 0 radical (unpaired) electrons. The normalized spacial score (nSPS) is 11.6. The van der Waals surface area contributed by atoms with E-state index in [1.807, 2.05) is 0 Å². The topological polar surface area (TPSA) is 16.3 Å². The molecule has 338 valence electrons. The van der Waals surface area contributed by atoms with E-state index in [1.165, 1.54) is 65.2 Å². The van der Waals surface area contributed by atoms with Crippen LogP contribution in [0.5, 0.6) is 0 Å². The molecule has 0 aliphatic rings. The summed E-state index contributed by atoms with van der Waals surface area (Å²) in [5, 5.41) is 9.88. The molecule has 0 atom stereocenters. The molecule has 4 heteroatoms. The van der Waals surface area contributed by atoms with Gasteiger partial charge in [0.1, 0.15) is 0 Å². The fourth-order valence-corrected chi connectivity index (χ4v) is 11.0. The van der Waals surface area contributed by atoms with Crippen molar-refractivity contribution in [2.75, 3.05) is 9.80 Å². The Morgan fingerprint density at radius 3 is 0.806 bits per heavy atom. The predicted molar refractivity (Wildman–Crippen MR) is 305 cm³/mol. The molecule has 0 bridgehead atoms. The first-order valence-electron chi connectivity index (χ1n) is 24.7. The Kier molecular flexibility index (Phi) is 9.82. The van der Waals surface area contributed by atoms with E-state index in [1.54, 1.807) is 0 Å². The van der Waals surface area contributed by atoms with Crippen LogP contribution in [0, 0.1) is 0 Å². The van der Waals surface area contributed by atoms with E-state index in [-0.39, 0.29) is 0 Å². The maximum absolute atomic E-state index is 2.37. The van der Waals surface area contributed by atoms with E-state index in [0.717, 1.165) is 56.6 Å². The molecule has 0 unspecified atom stereocenters. The van der Waals surface area contributed by atoms with Crippen molar-refractivity contribution in [2.24, 2.45) is 0 Å². The molecule has 2 heterocycles. The first kappa shape index (κ1) is 41.3. The number of benzene rings is 12. The number of aromatic nitrogens is 2. The van der Waals surface area contributed by atoms with Crippen LogP contribution < -0.4 is 9.80 Å². The number of rotatable bonds is 9. The van der Waals surface area contributed by atoms with E-state index in [0.29, 0.717) is 0 Å². The van der Waals surface area contributed by atoms with Gasteiger partial charge in [-0.2, -0.15) is 0 Å². The van der Waals surface area contributed by atoms with Crippen molar-refractivity contribution in [3.05, 3.63) is 279 Å². The molecule has 0 N–H and O–H groups in total. The number of fused-ring (bicyclic) bond motifs is 8. The van der Waals surface area contributed by atoms with Gasteiger partial charge in [-0.3, -0.25) is 0 Å². The quantitative estimate of drug-likeness (QED) is 0.143. The molecular formula is C68H46N4. The van der Waals surface area contributed by atoms with E-state index in [2.05, 4.69) is 298 Å². The summed E-state index contributed by atoms with van der Waals surface area (Å²) in [6.45, 7) is 0. The third kappa shape index (κ3) is 7.00. The minimum atomic E-state index is 1.09. The Labute approximate surface area is 417 Å². The highest BCUT2D eigenvalue weighted by molar-refractivity contribution is 6.10. The maximum Gasteiger partial charge on any atom is 0.0541 e. The second-order valence-electron chi connectivity index (χ2n) is 18.6. The zero-order valence-electron chi connectivity index (χ0n) is 39.3. The zero-order valence-corrected chi connectivity index (χ0v) is 39.3. The van der Waals surface area contributed by atoms with Crippen LogP contribution >= 0.6 is 0 Å². The Balaban J connectivity index is 0.812. The van der Waals surface area contributed by atoms with Crippen molar-refractivity contribution in [3.8, 4) is 22.5 Å². The average Bonchev–Trinajstić information content (AvgIpc) is 3.97. The first-order chi connectivity index (χ1) is 35.7. The summed E-state index contributed by atoms with van der Waals surface area (Å²) in [7, 11) is 0. The fourth-order valence-electron chi connectivity index (χ4n) is 11.0. The zero-order chi connectivity index (χ0) is 47.5. The average molecular weight is 919 g/mol. The number of anilines is 6. The van der Waals surface area contributed by atoms with Gasteiger partial charge >= 0.3 is 0 Å². The second-order valence-corrected chi connectivity index (χ2v) is 18.6. The molecule has 72 heavy (non-hydrogen) atoms. The van der Waals surface area contributed by atoms with Gasteiger partial charge in [0.05, 0.1) is 22.1 Å². The fraction of sp³-hybridized carbons (Fsp3) is 0. The van der Waals surface area contributed by atoms with E-state index >= 15 is 0 Å². The Morgan fingerprint density at radius 2 is 0.472 bits per heavy atom. The van der Waals surface area contributed by atoms with E-state index in [9.17, 15) is 0 Å². The van der Waals surface area contributed by atoms with Crippen LogP contribution in [0.4, 0.5) is 34.1 Å². The molecule has 12 aromatic carbocycles. The van der Waals surface area contributed by atoms with Crippen LogP contribution in [-0.2, 0) is 0 Å². The lowest BCUT2D eigenvalue weighted by Crippen LogP contribution is -2.10. The van der Waals surface area contributed by atoms with Gasteiger partial charge in [-0.05, 0) is 154 Å². The van der Waals surface area contributed by atoms with Crippen molar-refractivity contribution < 1.29 is 0 Å². The van der Waals surface area contributed by atoms with Gasteiger partial charge < -0.3 is 18.9 Å². The summed E-state index contributed by atoms with van der Waals surface area (Å²) in [6, 6.07) is 101. The van der Waals surface area contributed by atoms with E-state index in [4.69, 9.17) is 0 Å². The second kappa shape index (κ2) is 17.1. The molecule has 0 aliphatic carbocycles. The van der Waals surface area contributed by atoms with Gasteiger partial charge in [-0.1, -0.05) is 158 Å². The van der Waals surface area contributed by atoms with Gasteiger partial charge in [0, 0.05) is 67.0 Å². The highest BCUT2D eigenvalue weighted by Crippen LogP contribution is 2.42.